The van der Waals surface area contributed by atoms with E-state index in [1.807, 2.05) is 0 Å². The van der Waals surface area contributed by atoms with Crippen molar-refractivity contribution in [3.05, 3.63) is 33.9 Å². The lowest BCUT2D eigenvalue weighted by molar-refractivity contribution is 0.0129. The number of rotatable bonds is 4. The van der Waals surface area contributed by atoms with Gasteiger partial charge in [-0.2, -0.15) is 0 Å². The molecule has 1 aliphatic rings. The highest BCUT2D eigenvalue weighted by Crippen LogP contribution is 2.47. The number of aliphatic hydroxyl groups is 4. The predicted molar refractivity (Wildman–Crippen MR) is 72.4 cm³/mol. The van der Waals surface area contributed by atoms with Crippen molar-refractivity contribution < 1.29 is 25.2 Å². The van der Waals surface area contributed by atoms with Crippen molar-refractivity contribution in [3.8, 4) is 0 Å². The summed E-state index contributed by atoms with van der Waals surface area (Å²) in [6.07, 6.45) is -0.740. The third-order valence-corrected chi connectivity index (χ3v) is 4.34. The van der Waals surface area contributed by atoms with E-state index in [-0.39, 0.29) is 19.0 Å². The number of hydrogen-bond acceptors (Lipinski definition) is 5. The first-order valence-electron chi connectivity index (χ1n) is 6.63. The molecule has 0 bridgehead atoms. The topological polar surface area (TPSA) is 98.0 Å². The van der Waals surface area contributed by atoms with Crippen LogP contribution in [-0.4, -0.2) is 39.4 Å². The second-order valence-corrected chi connectivity index (χ2v) is 5.54. The highest BCUT2D eigenvalue weighted by atomic mass is 16.3. The minimum absolute atomic E-state index is 0.0827. The van der Waals surface area contributed by atoms with E-state index in [0.717, 1.165) is 5.56 Å². The van der Waals surface area contributed by atoms with Crippen molar-refractivity contribution in [1.82, 2.24) is 0 Å². The highest BCUT2D eigenvalue weighted by molar-refractivity contribution is 6.07. The largest absolute Gasteiger partial charge is 0.396 e. The van der Waals surface area contributed by atoms with Gasteiger partial charge in [0.05, 0.1) is 24.7 Å². The minimum atomic E-state index is -1.24. The molecule has 0 fully saturated rings. The lowest BCUT2D eigenvalue weighted by Crippen LogP contribution is -2.32. The number of ketones is 1. The maximum absolute atomic E-state index is 12.5. The molecular formula is C15H20O5. The number of hydrogen-bond donors (Lipinski definition) is 4. The highest BCUT2D eigenvalue weighted by Gasteiger charge is 2.50. The van der Waals surface area contributed by atoms with Crippen LogP contribution in [0, 0.1) is 12.3 Å². The van der Waals surface area contributed by atoms with Crippen molar-refractivity contribution in [3.63, 3.8) is 0 Å². The quantitative estimate of drug-likeness (QED) is 0.634. The predicted octanol–water partition coefficient (Wildman–Crippen LogP) is 0.250. The molecule has 2 rings (SSSR count). The standard InChI is InChI=1S/C15H20O5/c1-8-10(3-4-16)9(6-17)5-11-12(8)14(20)15(2,7-18)13(11)19/h5,13,16-19H,3-4,6-7H2,1-2H3/t13-,15+/m1/s1. The summed E-state index contributed by atoms with van der Waals surface area (Å²) in [4.78, 5) is 12.5. The lowest BCUT2D eigenvalue weighted by Gasteiger charge is -2.23. The molecule has 0 saturated carbocycles. The van der Waals surface area contributed by atoms with Crippen LogP contribution in [0.15, 0.2) is 6.07 Å². The molecule has 0 heterocycles. The summed E-state index contributed by atoms with van der Waals surface area (Å²) in [5.41, 5.74) is 1.63. The Kier molecular flexibility index (Phi) is 3.97. The van der Waals surface area contributed by atoms with Gasteiger partial charge in [-0.15, -0.1) is 0 Å². The summed E-state index contributed by atoms with van der Waals surface area (Å²) in [5.74, 6) is -0.288. The number of fused-ring (bicyclic) bond motifs is 1. The molecule has 0 saturated heterocycles. The molecule has 1 aromatic rings. The third kappa shape index (κ3) is 1.90. The van der Waals surface area contributed by atoms with Crippen LogP contribution in [0.5, 0.6) is 0 Å². The monoisotopic (exact) mass is 280 g/mol. The maximum Gasteiger partial charge on any atom is 0.174 e. The Hall–Kier alpha value is -1.27. The number of carbonyl (C=O) groups is 1. The molecule has 110 valence electrons. The summed E-state index contributed by atoms with van der Waals surface area (Å²) >= 11 is 0. The van der Waals surface area contributed by atoms with E-state index in [9.17, 15) is 20.1 Å². The van der Waals surface area contributed by atoms with E-state index >= 15 is 0 Å². The number of benzene rings is 1. The number of carbonyl (C=O) groups excluding carboxylic acids is 1. The fraction of sp³-hybridized carbons (Fsp3) is 0.533. The Labute approximate surface area is 117 Å². The van der Waals surface area contributed by atoms with Crippen LogP contribution in [-0.2, 0) is 13.0 Å². The van der Waals surface area contributed by atoms with Crippen LogP contribution in [0.3, 0.4) is 0 Å². The zero-order chi connectivity index (χ0) is 15.1. The fourth-order valence-electron chi connectivity index (χ4n) is 2.98. The smallest absolute Gasteiger partial charge is 0.174 e. The molecule has 20 heavy (non-hydrogen) atoms. The molecule has 0 aromatic heterocycles. The molecule has 0 unspecified atom stereocenters. The van der Waals surface area contributed by atoms with Crippen LogP contribution in [0.2, 0.25) is 0 Å². The van der Waals surface area contributed by atoms with E-state index in [1.165, 1.54) is 6.92 Å². The molecule has 5 nitrogen and oxygen atoms in total. The van der Waals surface area contributed by atoms with Gasteiger partial charge in [0.1, 0.15) is 0 Å². The Balaban J connectivity index is 2.69. The van der Waals surface area contributed by atoms with Crippen molar-refractivity contribution in [2.75, 3.05) is 13.2 Å². The second-order valence-electron chi connectivity index (χ2n) is 5.54. The zero-order valence-corrected chi connectivity index (χ0v) is 11.7. The van der Waals surface area contributed by atoms with Gasteiger partial charge < -0.3 is 20.4 Å². The van der Waals surface area contributed by atoms with Crippen molar-refractivity contribution in [1.29, 1.82) is 0 Å². The minimum Gasteiger partial charge on any atom is -0.396 e. The molecule has 1 aliphatic carbocycles. The van der Waals surface area contributed by atoms with Crippen molar-refractivity contribution >= 4 is 5.78 Å². The van der Waals surface area contributed by atoms with E-state index in [2.05, 4.69) is 0 Å². The van der Waals surface area contributed by atoms with Crippen LogP contribution in [0.1, 0.15) is 45.6 Å². The van der Waals surface area contributed by atoms with Crippen molar-refractivity contribution in [2.24, 2.45) is 5.41 Å². The average Bonchev–Trinajstić information content (AvgIpc) is 2.64. The van der Waals surface area contributed by atoms with E-state index in [4.69, 9.17) is 5.11 Å². The summed E-state index contributed by atoms with van der Waals surface area (Å²) in [6, 6.07) is 1.61. The zero-order valence-electron chi connectivity index (χ0n) is 11.7. The van der Waals surface area contributed by atoms with Gasteiger partial charge in [-0.25, -0.2) is 0 Å². The Morgan fingerprint density at radius 3 is 2.45 bits per heavy atom. The van der Waals surface area contributed by atoms with Crippen molar-refractivity contribution in [2.45, 2.75) is 33.0 Å². The summed E-state index contributed by atoms with van der Waals surface area (Å²) in [6.45, 7) is 2.53. The van der Waals surface area contributed by atoms with Crippen LogP contribution < -0.4 is 0 Å². The van der Waals surface area contributed by atoms with Gasteiger partial charge in [-0.1, -0.05) is 0 Å². The molecule has 0 spiro atoms. The Bertz CT molecular complexity index is 552. The van der Waals surface area contributed by atoms with E-state index in [0.29, 0.717) is 28.7 Å². The Morgan fingerprint density at radius 2 is 1.95 bits per heavy atom. The van der Waals surface area contributed by atoms with Crippen LogP contribution >= 0.6 is 0 Å². The molecular weight excluding hydrogens is 260 g/mol. The maximum atomic E-state index is 12.5. The lowest BCUT2D eigenvalue weighted by atomic mass is 9.84. The Morgan fingerprint density at radius 1 is 1.30 bits per heavy atom. The number of aliphatic hydroxyl groups excluding tert-OH is 4. The molecule has 0 radical (unpaired) electrons. The second kappa shape index (κ2) is 5.26. The fourth-order valence-corrected chi connectivity index (χ4v) is 2.98. The van der Waals surface area contributed by atoms with Gasteiger partial charge >= 0.3 is 0 Å². The summed E-state index contributed by atoms with van der Waals surface area (Å²) in [7, 11) is 0. The summed E-state index contributed by atoms with van der Waals surface area (Å²) in [5, 5.41) is 38.3. The summed E-state index contributed by atoms with van der Waals surface area (Å²) < 4.78 is 0. The van der Waals surface area contributed by atoms with Gasteiger partial charge in [0.15, 0.2) is 5.78 Å². The number of Topliss-reactive ketones (excluding diaryl/α,β-unsaturated/α-hetero) is 1. The normalized spacial score (nSPS) is 25.1. The van der Waals surface area contributed by atoms with E-state index in [1.54, 1.807) is 13.0 Å². The molecule has 0 amide bonds. The van der Waals surface area contributed by atoms with Crippen LogP contribution in [0.4, 0.5) is 0 Å². The first-order chi connectivity index (χ1) is 9.42. The van der Waals surface area contributed by atoms with Gasteiger partial charge in [0, 0.05) is 12.2 Å². The van der Waals surface area contributed by atoms with Gasteiger partial charge in [-0.3, -0.25) is 4.79 Å². The van der Waals surface area contributed by atoms with Gasteiger partial charge in [0.2, 0.25) is 0 Å². The third-order valence-electron chi connectivity index (χ3n) is 4.34. The molecule has 0 aliphatic heterocycles. The molecule has 1 aromatic carbocycles. The SMILES string of the molecule is Cc1c(CCO)c(CO)cc2c1C(=O)[C@@](C)(CO)[C@@H]2O. The van der Waals surface area contributed by atoms with Crippen LogP contribution in [0.25, 0.3) is 0 Å². The average molecular weight is 280 g/mol. The first kappa shape index (κ1) is 15.1. The molecule has 4 N–H and O–H groups in total. The van der Waals surface area contributed by atoms with Gasteiger partial charge in [-0.05, 0) is 48.6 Å². The molecule has 5 heteroatoms. The van der Waals surface area contributed by atoms with Gasteiger partial charge in [0.25, 0.3) is 0 Å². The molecule has 2 atom stereocenters. The van der Waals surface area contributed by atoms with E-state index < -0.39 is 18.1 Å². The first-order valence-corrected chi connectivity index (χ1v) is 6.63.